The molecular formula is C19H28O4. The minimum absolute atomic E-state index is 0.0210. The first-order valence-corrected chi connectivity index (χ1v) is 8.49. The summed E-state index contributed by atoms with van der Waals surface area (Å²) in [5, 5.41) is 18.8. The molecule has 128 valence electrons. The van der Waals surface area contributed by atoms with Gasteiger partial charge < -0.3 is 10.2 Å². The molecule has 0 aliphatic carbocycles. The summed E-state index contributed by atoms with van der Waals surface area (Å²) >= 11 is 0. The second-order valence-electron chi connectivity index (χ2n) is 6.48. The van der Waals surface area contributed by atoms with Gasteiger partial charge in [0.1, 0.15) is 0 Å². The van der Waals surface area contributed by atoms with Gasteiger partial charge in [0, 0.05) is 0 Å². The number of hydrogen-bond acceptors (Lipinski definition) is 2. The summed E-state index contributed by atoms with van der Waals surface area (Å²) in [6.07, 6.45) is 6.56. The molecule has 0 saturated heterocycles. The molecule has 0 bridgehead atoms. The molecule has 1 aromatic carbocycles. The molecule has 4 nitrogen and oxygen atoms in total. The van der Waals surface area contributed by atoms with Gasteiger partial charge in [-0.15, -0.1) is 0 Å². The number of rotatable bonds is 10. The highest BCUT2D eigenvalue weighted by Crippen LogP contribution is 2.24. The van der Waals surface area contributed by atoms with E-state index in [1.54, 1.807) is 6.07 Å². The number of aromatic carboxylic acids is 2. The van der Waals surface area contributed by atoms with E-state index in [4.69, 9.17) is 0 Å². The van der Waals surface area contributed by atoms with E-state index >= 15 is 0 Å². The second-order valence-corrected chi connectivity index (χ2v) is 6.48. The number of carboxylic acids is 2. The van der Waals surface area contributed by atoms with Gasteiger partial charge in [-0.25, -0.2) is 9.59 Å². The van der Waals surface area contributed by atoms with Gasteiger partial charge in [-0.2, -0.15) is 0 Å². The first-order valence-electron chi connectivity index (χ1n) is 8.49. The van der Waals surface area contributed by atoms with Crippen LogP contribution < -0.4 is 0 Å². The van der Waals surface area contributed by atoms with Crippen molar-refractivity contribution in [1.29, 1.82) is 0 Å². The molecule has 0 radical (unpaired) electrons. The van der Waals surface area contributed by atoms with Gasteiger partial charge in [0.25, 0.3) is 0 Å². The molecule has 1 aromatic rings. The Morgan fingerprint density at radius 2 is 1.70 bits per heavy atom. The van der Waals surface area contributed by atoms with Crippen LogP contribution >= 0.6 is 0 Å². The summed E-state index contributed by atoms with van der Waals surface area (Å²) in [5.74, 6) is -1.64. The number of benzene rings is 1. The Morgan fingerprint density at radius 3 is 2.22 bits per heavy atom. The Kier molecular flexibility index (Phi) is 7.79. The summed E-state index contributed by atoms with van der Waals surface area (Å²) in [7, 11) is 0. The van der Waals surface area contributed by atoms with Crippen molar-refractivity contribution >= 4 is 11.9 Å². The minimum Gasteiger partial charge on any atom is -0.478 e. The standard InChI is InChI=1S/C19H28O4/c1-4-8-14-11-12-16(18(20)21)17(19(22)23)15(14)10-7-5-6-9-13(2)3/h11-13H,4-10H2,1-3H3,(H,20,21)(H,22,23). The zero-order valence-corrected chi connectivity index (χ0v) is 14.4. The van der Waals surface area contributed by atoms with Crippen molar-refractivity contribution in [2.45, 2.75) is 65.7 Å². The lowest BCUT2D eigenvalue weighted by molar-refractivity contribution is 0.0650. The van der Waals surface area contributed by atoms with Crippen molar-refractivity contribution in [2.24, 2.45) is 5.92 Å². The predicted molar refractivity (Wildman–Crippen MR) is 91.4 cm³/mol. The van der Waals surface area contributed by atoms with E-state index in [1.165, 1.54) is 12.5 Å². The summed E-state index contributed by atoms with van der Waals surface area (Å²) in [5.41, 5.74) is 1.56. The van der Waals surface area contributed by atoms with Crippen LogP contribution in [0.15, 0.2) is 12.1 Å². The van der Waals surface area contributed by atoms with Gasteiger partial charge in [0.2, 0.25) is 0 Å². The first kappa shape index (κ1) is 19.2. The lowest BCUT2D eigenvalue weighted by Gasteiger charge is -2.15. The average Bonchev–Trinajstić information content (AvgIpc) is 2.47. The predicted octanol–water partition coefficient (Wildman–Crippen LogP) is 4.79. The molecule has 0 atom stereocenters. The van der Waals surface area contributed by atoms with Gasteiger partial charge in [-0.1, -0.05) is 52.5 Å². The zero-order valence-electron chi connectivity index (χ0n) is 14.4. The molecule has 0 saturated carbocycles. The van der Waals surface area contributed by atoms with Crippen LogP contribution in [0.3, 0.4) is 0 Å². The number of carbonyl (C=O) groups is 2. The third kappa shape index (κ3) is 5.70. The largest absolute Gasteiger partial charge is 0.478 e. The van der Waals surface area contributed by atoms with E-state index in [0.29, 0.717) is 17.9 Å². The van der Waals surface area contributed by atoms with Crippen LogP contribution in [0.1, 0.15) is 84.7 Å². The summed E-state index contributed by atoms with van der Waals surface area (Å²) in [6.45, 7) is 6.43. The van der Waals surface area contributed by atoms with Crippen molar-refractivity contribution in [2.75, 3.05) is 0 Å². The molecule has 0 unspecified atom stereocenters. The van der Waals surface area contributed by atoms with Crippen molar-refractivity contribution < 1.29 is 19.8 Å². The second kappa shape index (κ2) is 9.33. The number of carboxylic acid groups (broad SMARTS) is 2. The Labute approximate surface area is 138 Å². The number of aryl methyl sites for hydroxylation is 1. The number of hydrogen-bond donors (Lipinski definition) is 2. The van der Waals surface area contributed by atoms with Crippen LogP contribution in [0.5, 0.6) is 0 Å². The fourth-order valence-electron chi connectivity index (χ4n) is 2.93. The Hall–Kier alpha value is -1.84. The Balaban J connectivity index is 3.01. The zero-order chi connectivity index (χ0) is 17.4. The number of unbranched alkanes of at least 4 members (excludes halogenated alkanes) is 2. The monoisotopic (exact) mass is 320 g/mol. The van der Waals surface area contributed by atoms with E-state index in [-0.39, 0.29) is 11.1 Å². The van der Waals surface area contributed by atoms with Crippen LogP contribution in [0.25, 0.3) is 0 Å². The first-order chi connectivity index (χ1) is 10.9. The summed E-state index contributed by atoms with van der Waals surface area (Å²) < 4.78 is 0. The third-order valence-corrected chi connectivity index (χ3v) is 4.08. The topological polar surface area (TPSA) is 74.6 Å². The van der Waals surface area contributed by atoms with E-state index in [2.05, 4.69) is 13.8 Å². The fourth-order valence-corrected chi connectivity index (χ4v) is 2.93. The lowest BCUT2D eigenvalue weighted by Crippen LogP contribution is -2.14. The van der Waals surface area contributed by atoms with E-state index in [1.807, 2.05) is 6.92 Å². The van der Waals surface area contributed by atoms with Gasteiger partial charge in [0.05, 0.1) is 11.1 Å². The SMILES string of the molecule is CCCc1ccc(C(=O)O)c(C(=O)O)c1CCCCCC(C)C. The average molecular weight is 320 g/mol. The minimum atomic E-state index is -1.17. The maximum Gasteiger partial charge on any atom is 0.336 e. The normalized spacial score (nSPS) is 11.0. The van der Waals surface area contributed by atoms with Crippen molar-refractivity contribution in [3.05, 3.63) is 34.4 Å². The molecule has 0 spiro atoms. The molecule has 0 aliphatic heterocycles. The van der Waals surface area contributed by atoms with Gasteiger partial charge in [-0.3, -0.25) is 0 Å². The smallest absolute Gasteiger partial charge is 0.336 e. The quantitative estimate of drug-likeness (QED) is 0.608. The molecule has 23 heavy (non-hydrogen) atoms. The highest BCUT2D eigenvalue weighted by Gasteiger charge is 2.22. The van der Waals surface area contributed by atoms with Crippen molar-refractivity contribution in [3.63, 3.8) is 0 Å². The molecule has 2 N–H and O–H groups in total. The molecule has 4 heteroatoms. The Morgan fingerprint density at radius 1 is 1.00 bits per heavy atom. The van der Waals surface area contributed by atoms with E-state index in [9.17, 15) is 19.8 Å². The molecule has 0 heterocycles. The molecule has 0 aliphatic rings. The summed E-state index contributed by atoms with van der Waals surface area (Å²) in [4.78, 5) is 23.0. The highest BCUT2D eigenvalue weighted by molar-refractivity contribution is 6.03. The molecule has 0 amide bonds. The van der Waals surface area contributed by atoms with E-state index < -0.39 is 11.9 Å². The molecule has 0 fully saturated rings. The third-order valence-electron chi connectivity index (χ3n) is 4.08. The van der Waals surface area contributed by atoms with E-state index in [0.717, 1.165) is 37.7 Å². The van der Waals surface area contributed by atoms with Crippen LogP contribution in [0.2, 0.25) is 0 Å². The van der Waals surface area contributed by atoms with Gasteiger partial charge in [0.15, 0.2) is 0 Å². The molecular weight excluding hydrogens is 292 g/mol. The fraction of sp³-hybridized carbons (Fsp3) is 0.579. The maximum atomic E-state index is 11.6. The van der Waals surface area contributed by atoms with Crippen molar-refractivity contribution in [1.82, 2.24) is 0 Å². The summed E-state index contributed by atoms with van der Waals surface area (Å²) in [6, 6.07) is 3.21. The molecule has 0 aromatic heterocycles. The highest BCUT2D eigenvalue weighted by atomic mass is 16.4. The van der Waals surface area contributed by atoms with Crippen LogP contribution in [0.4, 0.5) is 0 Å². The van der Waals surface area contributed by atoms with Gasteiger partial charge in [-0.05, 0) is 42.4 Å². The Bertz CT molecular complexity index is 547. The van der Waals surface area contributed by atoms with Crippen LogP contribution in [-0.4, -0.2) is 22.2 Å². The van der Waals surface area contributed by atoms with Gasteiger partial charge >= 0.3 is 11.9 Å². The lowest BCUT2D eigenvalue weighted by atomic mass is 9.90. The van der Waals surface area contributed by atoms with Crippen LogP contribution in [-0.2, 0) is 12.8 Å². The van der Waals surface area contributed by atoms with Crippen LogP contribution in [0, 0.1) is 5.92 Å². The van der Waals surface area contributed by atoms with Crippen molar-refractivity contribution in [3.8, 4) is 0 Å². The molecule has 1 rings (SSSR count). The maximum absolute atomic E-state index is 11.6.